The van der Waals surface area contributed by atoms with Crippen molar-refractivity contribution in [3.63, 3.8) is 0 Å². The maximum Gasteiger partial charge on any atom is 0.226 e. The van der Waals surface area contributed by atoms with Gasteiger partial charge in [-0.2, -0.15) is 0 Å². The van der Waals surface area contributed by atoms with E-state index >= 15 is 0 Å². The molecule has 22 heavy (non-hydrogen) atoms. The number of carbonyl (C=O) groups excluding carboxylic acids is 1. The fraction of sp³-hybridized carbons (Fsp3) is 0.333. The lowest BCUT2D eigenvalue weighted by Gasteiger charge is -2.16. The Kier molecular flexibility index (Phi) is 5.68. The summed E-state index contributed by atoms with van der Waals surface area (Å²) in [5.74, 6) is 0.633. The molecule has 0 unspecified atom stereocenters. The Balaban J connectivity index is 1.81. The van der Waals surface area contributed by atoms with E-state index in [0.717, 1.165) is 4.47 Å². The first-order valence-corrected chi connectivity index (χ1v) is 7.59. The van der Waals surface area contributed by atoms with Crippen LogP contribution in [-0.4, -0.2) is 29.6 Å². The Morgan fingerprint density at radius 2 is 2.23 bits per heavy atom. The van der Waals surface area contributed by atoms with Gasteiger partial charge in [-0.3, -0.25) is 4.79 Å². The van der Waals surface area contributed by atoms with Crippen LogP contribution in [-0.2, 0) is 11.3 Å². The molecule has 0 aliphatic carbocycles. The van der Waals surface area contributed by atoms with Gasteiger partial charge in [0.2, 0.25) is 5.91 Å². The third-order valence-corrected chi connectivity index (χ3v) is 3.56. The van der Waals surface area contributed by atoms with Crippen LogP contribution in [0.15, 0.2) is 33.3 Å². The summed E-state index contributed by atoms with van der Waals surface area (Å²) in [5, 5.41) is 6.35. The van der Waals surface area contributed by atoms with Crippen molar-refractivity contribution in [2.75, 3.05) is 18.9 Å². The zero-order valence-corrected chi connectivity index (χ0v) is 14.0. The standard InChI is InChI=1S/C15H17BrFN3O2/c1-10-7-14(19-22-10)18-15(21)5-6-20(2)9-11-8-12(16)3-4-13(11)17/h3-4,7-8H,5-6,9H2,1-2H3,(H,18,19,21). The van der Waals surface area contributed by atoms with Gasteiger partial charge in [0.1, 0.15) is 11.6 Å². The van der Waals surface area contributed by atoms with Gasteiger partial charge < -0.3 is 14.7 Å². The molecule has 1 amide bonds. The number of aryl methyl sites for hydroxylation is 1. The summed E-state index contributed by atoms with van der Waals surface area (Å²) in [6, 6.07) is 6.47. The third-order valence-electron chi connectivity index (χ3n) is 3.06. The van der Waals surface area contributed by atoms with Gasteiger partial charge in [0.05, 0.1) is 0 Å². The molecule has 0 spiro atoms. The summed E-state index contributed by atoms with van der Waals surface area (Å²) < 4.78 is 19.4. The predicted octanol–water partition coefficient (Wildman–Crippen LogP) is 3.35. The van der Waals surface area contributed by atoms with Crippen molar-refractivity contribution in [1.29, 1.82) is 0 Å². The fourth-order valence-corrected chi connectivity index (χ4v) is 2.37. The van der Waals surface area contributed by atoms with Crippen LogP contribution in [0.1, 0.15) is 17.7 Å². The molecule has 0 atom stereocenters. The summed E-state index contributed by atoms with van der Waals surface area (Å²) in [6.45, 7) is 2.69. The number of halogens is 2. The first-order valence-electron chi connectivity index (χ1n) is 6.79. The summed E-state index contributed by atoms with van der Waals surface area (Å²) in [7, 11) is 1.84. The average Bonchev–Trinajstić information content (AvgIpc) is 2.86. The second-order valence-corrected chi connectivity index (χ2v) is 6.01. The van der Waals surface area contributed by atoms with Crippen LogP contribution in [0.3, 0.4) is 0 Å². The highest BCUT2D eigenvalue weighted by Gasteiger charge is 2.10. The van der Waals surface area contributed by atoms with Gasteiger partial charge in [-0.25, -0.2) is 4.39 Å². The Labute approximate surface area is 136 Å². The van der Waals surface area contributed by atoms with Gasteiger partial charge in [-0.05, 0) is 32.2 Å². The number of hydrogen-bond donors (Lipinski definition) is 1. The van der Waals surface area contributed by atoms with E-state index < -0.39 is 0 Å². The molecule has 2 aromatic rings. The van der Waals surface area contributed by atoms with E-state index in [2.05, 4.69) is 26.4 Å². The van der Waals surface area contributed by atoms with Crippen LogP contribution < -0.4 is 5.32 Å². The van der Waals surface area contributed by atoms with E-state index in [1.165, 1.54) is 6.07 Å². The highest BCUT2D eigenvalue weighted by atomic mass is 79.9. The van der Waals surface area contributed by atoms with Crippen LogP contribution in [0, 0.1) is 12.7 Å². The van der Waals surface area contributed by atoms with Crippen molar-refractivity contribution in [1.82, 2.24) is 10.1 Å². The molecule has 1 heterocycles. The van der Waals surface area contributed by atoms with Gasteiger partial charge in [-0.15, -0.1) is 0 Å². The predicted molar refractivity (Wildman–Crippen MR) is 84.9 cm³/mol. The molecule has 1 aromatic carbocycles. The molecule has 0 saturated carbocycles. The number of carbonyl (C=O) groups is 1. The summed E-state index contributed by atoms with van der Waals surface area (Å²) in [6.07, 6.45) is 0.290. The third kappa shape index (κ3) is 4.92. The Morgan fingerprint density at radius 1 is 1.45 bits per heavy atom. The van der Waals surface area contributed by atoms with E-state index in [1.54, 1.807) is 25.1 Å². The zero-order valence-electron chi connectivity index (χ0n) is 12.4. The highest BCUT2D eigenvalue weighted by molar-refractivity contribution is 9.10. The maximum absolute atomic E-state index is 13.7. The van der Waals surface area contributed by atoms with Crippen molar-refractivity contribution < 1.29 is 13.7 Å². The molecule has 7 heteroatoms. The number of aromatic nitrogens is 1. The van der Waals surface area contributed by atoms with E-state index in [-0.39, 0.29) is 18.1 Å². The number of nitrogens with zero attached hydrogens (tertiary/aromatic N) is 2. The lowest BCUT2D eigenvalue weighted by atomic mass is 10.2. The first-order chi connectivity index (χ1) is 10.4. The highest BCUT2D eigenvalue weighted by Crippen LogP contribution is 2.17. The quantitative estimate of drug-likeness (QED) is 0.848. The SMILES string of the molecule is Cc1cc(NC(=O)CCN(C)Cc2cc(Br)ccc2F)no1. The molecule has 0 saturated heterocycles. The van der Waals surface area contributed by atoms with Crippen LogP contribution >= 0.6 is 15.9 Å². The van der Waals surface area contributed by atoms with Crippen molar-refractivity contribution in [2.24, 2.45) is 0 Å². The van der Waals surface area contributed by atoms with Gasteiger partial charge in [0.25, 0.3) is 0 Å². The number of benzene rings is 1. The van der Waals surface area contributed by atoms with Crippen LogP contribution in [0.25, 0.3) is 0 Å². The number of rotatable bonds is 6. The normalized spacial score (nSPS) is 11.0. The molecule has 0 fully saturated rings. The molecule has 5 nitrogen and oxygen atoms in total. The maximum atomic E-state index is 13.7. The lowest BCUT2D eigenvalue weighted by Crippen LogP contribution is -2.24. The Bertz CT molecular complexity index is 660. The molecule has 1 aromatic heterocycles. The molecule has 1 N–H and O–H groups in total. The second kappa shape index (κ2) is 7.51. The van der Waals surface area contributed by atoms with Gasteiger partial charge >= 0.3 is 0 Å². The number of amides is 1. The van der Waals surface area contributed by atoms with Crippen molar-refractivity contribution in [3.8, 4) is 0 Å². The minimum absolute atomic E-state index is 0.158. The second-order valence-electron chi connectivity index (χ2n) is 5.09. The fourth-order valence-electron chi connectivity index (χ4n) is 1.96. The zero-order chi connectivity index (χ0) is 16.1. The van der Waals surface area contributed by atoms with Crippen LogP contribution in [0.5, 0.6) is 0 Å². The molecule has 0 radical (unpaired) electrons. The monoisotopic (exact) mass is 369 g/mol. The van der Waals surface area contributed by atoms with E-state index in [1.807, 2.05) is 11.9 Å². The smallest absolute Gasteiger partial charge is 0.226 e. The molecular formula is C15H17BrFN3O2. The molecule has 0 aliphatic heterocycles. The molecule has 118 valence electrons. The first kappa shape index (κ1) is 16.6. The number of hydrogen-bond acceptors (Lipinski definition) is 4. The van der Waals surface area contributed by atoms with Gasteiger partial charge in [0.15, 0.2) is 5.82 Å². The van der Waals surface area contributed by atoms with Crippen LogP contribution in [0.2, 0.25) is 0 Å². The summed E-state index contributed by atoms with van der Waals surface area (Å²) >= 11 is 3.32. The summed E-state index contributed by atoms with van der Waals surface area (Å²) in [5.41, 5.74) is 0.587. The molecular weight excluding hydrogens is 353 g/mol. The topological polar surface area (TPSA) is 58.4 Å². The van der Waals surface area contributed by atoms with Gasteiger partial charge in [-0.1, -0.05) is 21.1 Å². The lowest BCUT2D eigenvalue weighted by molar-refractivity contribution is -0.116. The average molecular weight is 370 g/mol. The minimum Gasteiger partial charge on any atom is -0.360 e. The molecule has 0 aliphatic rings. The van der Waals surface area contributed by atoms with E-state index in [4.69, 9.17) is 4.52 Å². The Morgan fingerprint density at radius 3 is 2.91 bits per heavy atom. The van der Waals surface area contributed by atoms with E-state index in [0.29, 0.717) is 30.2 Å². The van der Waals surface area contributed by atoms with Crippen molar-refractivity contribution >= 4 is 27.7 Å². The Hall–Kier alpha value is -1.73. The number of nitrogens with one attached hydrogen (secondary N) is 1. The number of anilines is 1. The van der Waals surface area contributed by atoms with Crippen molar-refractivity contribution in [3.05, 3.63) is 45.9 Å². The molecule has 0 bridgehead atoms. The van der Waals surface area contributed by atoms with Gasteiger partial charge in [0, 0.05) is 35.6 Å². The van der Waals surface area contributed by atoms with Crippen LogP contribution in [0.4, 0.5) is 10.2 Å². The van der Waals surface area contributed by atoms with E-state index in [9.17, 15) is 9.18 Å². The minimum atomic E-state index is -0.252. The van der Waals surface area contributed by atoms with Crippen molar-refractivity contribution in [2.45, 2.75) is 19.9 Å². The summed E-state index contributed by atoms with van der Waals surface area (Å²) in [4.78, 5) is 13.7. The largest absolute Gasteiger partial charge is 0.360 e. The molecule has 2 rings (SSSR count).